The monoisotopic (exact) mass is 360 g/mol. The van der Waals surface area contributed by atoms with E-state index >= 15 is 0 Å². The largest absolute Gasteiger partial charge is 0.497 e. The SMILES string of the molecule is COc1ccc(C(=O)c2c(Cl)ccc(OC(F)F)c2Cl)c(C)c1. The highest BCUT2D eigenvalue weighted by molar-refractivity contribution is 6.41. The van der Waals surface area contributed by atoms with Crippen LogP contribution >= 0.6 is 23.2 Å². The molecule has 23 heavy (non-hydrogen) atoms. The van der Waals surface area contributed by atoms with Crippen LogP contribution in [0.3, 0.4) is 0 Å². The van der Waals surface area contributed by atoms with E-state index in [1.54, 1.807) is 25.1 Å². The van der Waals surface area contributed by atoms with Gasteiger partial charge in [-0.3, -0.25) is 4.79 Å². The molecule has 0 N–H and O–H groups in total. The van der Waals surface area contributed by atoms with Gasteiger partial charge in [0, 0.05) is 5.56 Å². The second-order valence-corrected chi connectivity index (χ2v) is 5.41. The topological polar surface area (TPSA) is 35.5 Å². The molecule has 0 radical (unpaired) electrons. The normalized spacial score (nSPS) is 10.7. The minimum Gasteiger partial charge on any atom is -0.497 e. The van der Waals surface area contributed by atoms with E-state index in [2.05, 4.69) is 4.74 Å². The maximum absolute atomic E-state index is 12.7. The van der Waals surface area contributed by atoms with Gasteiger partial charge in [0.1, 0.15) is 11.5 Å². The Morgan fingerprint density at radius 3 is 2.43 bits per heavy atom. The minimum absolute atomic E-state index is 0.0526. The smallest absolute Gasteiger partial charge is 0.387 e. The summed E-state index contributed by atoms with van der Waals surface area (Å²) in [5, 5.41) is -0.199. The third-order valence-corrected chi connectivity index (χ3v) is 3.87. The summed E-state index contributed by atoms with van der Waals surface area (Å²) in [6, 6.07) is 7.33. The van der Waals surface area contributed by atoms with Crippen molar-refractivity contribution in [3.63, 3.8) is 0 Å². The Balaban J connectivity index is 2.51. The number of hydrogen-bond donors (Lipinski definition) is 0. The zero-order valence-electron chi connectivity index (χ0n) is 12.2. The first-order valence-corrected chi connectivity index (χ1v) is 7.23. The molecule has 0 heterocycles. The fraction of sp³-hybridized carbons (Fsp3) is 0.188. The predicted octanol–water partition coefficient (Wildman–Crippen LogP) is 5.14. The molecule has 0 aromatic heterocycles. The zero-order valence-corrected chi connectivity index (χ0v) is 13.7. The summed E-state index contributed by atoms with van der Waals surface area (Å²) in [5.41, 5.74) is 0.894. The van der Waals surface area contributed by atoms with Crippen molar-refractivity contribution >= 4 is 29.0 Å². The third kappa shape index (κ3) is 3.74. The Bertz CT molecular complexity index is 748. The van der Waals surface area contributed by atoms with Gasteiger partial charge in [-0.15, -0.1) is 0 Å². The lowest BCUT2D eigenvalue weighted by molar-refractivity contribution is -0.0498. The highest BCUT2D eigenvalue weighted by atomic mass is 35.5. The zero-order chi connectivity index (χ0) is 17.1. The average Bonchev–Trinajstić information content (AvgIpc) is 2.49. The fourth-order valence-electron chi connectivity index (χ4n) is 2.08. The molecule has 2 aromatic carbocycles. The first-order chi connectivity index (χ1) is 10.8. The number of halogens is 4. The second kappa shape index (κ2) is 7.15. The Labute approximate surface area is 141 Å². The number of aryl methyl sites for hydroxylation is 1. The van der Waals surface area contributed by atoms with Crippen molar-refractivity contribution in [1.82, 2.24) is 0 Å². The number of carbonyl (C=O) groups is 1. The van der Waals surface area contributed by atoms with Crippen LogP contribution in [0.25, 0.3) is 0 Å². The maximum atomic E-state index is 12.7. The molecule has 122 valence electrons. The van der Waals surface area contributed by atoms with Crippen LogP contribution in [0.1, 0.15) is 21.5 Å². The van der Waals surface area contributed by atoms with E-state index in [0.717, 1.165) is 0 Å². The Morgan fingerprint density at radius 1 is 1.17 bits per heavy atom. The molecule has 0 spiro atoms. The number of rotatable bonds is 5. The minimum atomic E-state index is -3.06. The molecule has 0 aliphatic carbocycles. The Morgan fingerprint density at radius 2 is 1.87 bits per heavy atom. The van der Waals surface area contributed by atoms with Crippen molar-refractivity contribution in [2.45, 2.75) is 13.5 Å². The van der Waals surface area contributed by atoms with Crippen LogP contribution in [-0.2, 0) is 0 Å². The van der Waals surface area contributed by atoms with Gasteiger partial charge in [0.25, 0.3) is 0 Å². The molecular formula is C16H12Cl2F2O3. The highest BCUT2D eigenvalue weighted by Gasteiger charge is 2.22. The van der Waals surface area contributed by atoms with Crippen LogP contribution in [0.5, 0.6) is 11.5 Å². The van der Waals surface area contributed by atoms with Crippen molar-refractivity contribution in [3.8, 4) is 11.5 Å². The average molecular weight is 361 g/mol. The number of ether oxygens (including phenoxy) is 2. The molecule has 0 bridgehead atoms. The van der Waals surface area contributed by atoms with E-state index in [4.69, 9.17) is 27.9 Å². The molecule has 0 fully saturated rings. The van der Waals surface area contributed by atoms with E-state index in [0.29, 0.717) is 16.9 Å². The van der Waals surface area contributed by atoms with E-state index in [-0.39, 0.29) is 21.4 Å². The summed E-state index contributed by atoms with van der Waals surface area (Å²) >= 11 is 12.0. The summed E-state index contributed by atoms with van der Waals surface area (Å²) in [6.45, 7) is -1.34. The van der Waals surface area contributed by atoms with Crippen LogP contribution in [0.4, 0.5) is 8.78 Å². The number of carbonyl (C=O) groups excluding carboxylic acids is 1. The Hall–Kier alpha value is -1.85. The van der Waals surface area contributed by atoms with E-state index in [9.17, 15) is 13.6 Å². The summed E-state index contributed by atoms with van der Waals surface area (Å²) < 4.78 is 34.2. The van der Waals surface area contributed by atoms with Crippen LogP contribution in [0.2, 0.25) is 10.0 Å². The molecule has 0 aliphatic heterocycles. The number of hydrogen-bond acceptors (Lipinski definition) is 3. The third-order valence-electron chi connectivity index (χ3n) is 3.18. The molecule has 3 nitrogen and oxygen atoms in total. The van der Waals surface area contributed by atoms with E-state index in [1.165, 1.54) is 19.2 Å². The van der Waals surface area contributed by atoms with Crippen molar-refractivity contribution in [3.05, 3.63) is 57.1 Å². The van der Waals surface area contributed by atoms with Gasteiger partial charge < -0.3 is 9.47 Å². The van der Waals surface area contributed by atoms with Gasteiger partial charge in [-0.1, -0.05) is 23.2 Å². The summed E-state index contributed by atoms with van der Waals surface area (Å²) in [7, 11) is 1.51. The van der Waals surface area contributed by atoms with E-state index < -0.39 is 12.4 Å². The van der Waals surface area contributed by atoms with Crippen molar-refractivity contribution in [1.29, 1.82) is 0 Å². The van der Waals surface area contributed by atoms with Gasteiger partial charge >= 0.3 is 6.61 Å². The van der Waals surface area contributed by atoms with Gasteiger partial charge in [0.15, 0.2) is 5.78 Å². The summed E-state index contributed by atoms with van der Waals surface area (Å²) in [6.07, 6.45) is 0. The van der Waals surface area contributed by atoms with Crippen molar-refractivity contribution in [2.24, 2.45) is 0 Å². The molecule has 0 amide bonds. The standard InChI is InChI=1S/C16H12Cl2F2O3/c1-8-7-9(22-2)3-4-10(8)15(21)13-11(17)5-6-12(14(13)18)23-16(19)20/h3-7,16H,1-2H3. The molecular weight excluding hydrogens is 349 g/mol. The van der Waals surface area contributed by atoms with Crippen LogP contribution < -0.4 is 9.47 Å². The number of alkyl halides is 2. The fourth-order valence-corrected chi connectivity index (χ4v) is 2.67. The summed E-state index contributed by atoms with van der Waals surface area (Å²) in [4.78, 5) is 12.7. The van der Waals surface area contributed by atoms with Crippen molar-refractivity contribution in [2.75, 3.05) is 7.11 Å². The van der Waals surface area contributed by atoms with Gasteiger partial charge in [-0.2, -0.15) is 8.78 Å². The number of benzene rings is 2. The second-order valence-electron chi connectivity index (χ2n) is 4.62. The van der Waals surface area contributed by atoms with Crippen LogP contribution in [0.15, 0.2) is 30.3 Å². The summed E-state index contributed by atoms with van der Waals surface area (Å²) in [5.74, 6) is -0.202. The lowest BCUT2D eigenvalue weighted by Gasteiger charge is -2.13. The van der Waals surface area contributed by atoms with Gasteiger partial charge in [-0.05, 0) is 42.8 Å². The highest BCUT2D eigenvalue weighted by Crippen LogP contribution is 2.36. The number of ketones is 1. The van der Waals surface area contributed by atoms with E-state index in [1.807, 2.05) is 0 Å². The lowest BCUT2D eigenvalue weighted by Crippen LogP contribution is -2.08. The van der Waals surface area contributed by atoms with Crippen LogP contribution in [0, 0.1) is 6.92 Å². The molecule has 0 unspecified atom stereocenters. The first kappa shape index (κ1) is 17.5. The lowest BCUT2D eigenvalue weighted by atomic mass is 9.98. The van der Waals surface area contributed by atoms with Gasteiger partial charge in [0.2, 0.25) is 0 Å². The molecule has 7 heteroatoms. The van der Waals surface area contributed by atoms with Crippen molar-refractivity contribution < 1.29 is 23.0 Å². The molecule has 0 aliphatic rings. The van der Waals surface area contributed by atoms with Gasteiger partial charge in [0.05, 0.1) is 22.7 Å². The van der Waals surface area contributed by atoms with Gasteiger partial charge in [-0.25, -0.2) is 0 Å². The molecule has 0 saturated carbocycles. The molecule has 0 saturated heterocycles. The quantitative estimate of drug-likeness (QED) is 0.692. The number of methoxy groups -OCH3 is 1. The first-order valence-electron chi connectivity index (χ1n) is 6.47. The Kier molecular flexibility index (Phi) is 5.44. The molecule has 2 aromatic rings. The molecule has 0 atom stereocenters. The maximum Gasteiger partial charge on any atom is 0.387 e. The van der Waals surface area contributed by atoms with Crippen LogP contribution in [-0.4, -0.2) is 19.5 Å². The molecule has 2 rings (SSSR count). The predicted molar refractivity (Wildman–Crippen MR) is 84.3 cm³/mol.